The Morgan fingerprint density at radius 3 is 2.05 bits per heavy atom. The van der Waals surface area contributed by atoms with Gasteiger partial charge in [-0.25, -0.2) is 0 Å². The van der Waals surface area contributed by atoms with Crippen LogP contribution in [-0.2, 0) is 12.3 Å². The van der Waals surface area contributed by atoms with Gasteiger partial charge in [0.15, 0.2) is 22.5 Å². The van der Waals surface area contributed by atoms with Gasteiger partial charge in [0.05, 0.1) is 27.9 Å². The topological polar surface area (TPSA) is 87.5 Å². The second-order valence-corrected chi connectivity index (χ2v) is 10.5. The molecule has 37 heavy (non-hydrogen) atoms. The van der Waals surface area contributed by atoms with Crippen molar-refractivity contribution in [1.29, 1.82) is 0 Å². The molecule has 1 N–H and O–H groups in total. The number of carbonyl (C=O) groups excluding carboxylic acids is 1. The van der Waals surface area contributed by atoms with Crippen LogP contribution in [0.15, 0.2) is 74.8 Å². The summed E-state index contributed by atoms with van der Waals surface area (Å²) in [4.78, 5) is 13.1. The van der Waals surface area contributed by atoms with Gasteiger partial charge in [0.2, 0.25) is 5.75 Å². The lowest BCUT2D eigenvalue weighted by molar-refractivity contribution is 0.0949. The Morgan fingerprint density at radius 1 is 0.892 bits per heavy atom. The number of hydrogen-bond donors (Lipinski definition) is 1. The van der Waals surface area contributed by atoms with Crippen LogP contribution in [0.1, 0.15) is 21.7 Å². The van der Waals surface area contributed by atoms with Gasteiger partial charge in [-0.15, -0.1) is 10.2 Å². The monoisotopic (exact) mass is 646 g/mol. The van der Waals surface area contributed by atoms with Crippen molar-refractivity contribution >= 4 is 49.5 Å². The number of ether oxygens (including phenoxy) is 3. The Balaban J connectivity index is 1.58. The normalized spacial score (nSPS) is 10.7. The molecule has 1 amide bonds. The molecule has 192 valence electrons. The van der Waals surface area contributed by atoms with E-state index in [0.29, 0.717) is 28.6 Å². The van der Waals surface area contributed by atoms with Gasteiger partial charge in [-0.3, -0.25) is 9.36 Å². The second kappa shape index (κ2) is 12.5. The van der Waals surface area contributed by atoms with Crippen LogP contribution in [0.4, 0.5) is 0 Å². The number of hydrogen-bond acceptors (Lipinski definition) is 7. The van der Waals surface area contributed by atoms with Crippen LogP contribution >= 0.6 is 43.6 Å². The Kier molecular flexibility index (Phi) is 9.12. The lowest BCUT2D eigenvalue weighted by atomic mass is 10.1. The summed E-state index contributed by atoms with van der Waals surface area (Å²) in [7, 11) is 4.53. The highest BCUT2D eigenvalue weighted by Crippen LogP contribution is 2.38. The molecule has 0 bridgehead atoms. The van der Waals surface area contributed by atoms with Crippen molar-refractivity contribution in [2.24, 2.45) is 0 Å². The van der Waals surface area contributed by atoms with E-state index in [1.54, 1.807) is 23.9 Å². The zero-order valence-electron chi connectivity index (χ0n) is 20.3. The number of rotatable bonds is 10. The van der Waals surface area contributed by atoms with Gasteiger partial charge in [0.1, 0.15) is 0 Å². The lowest BCUT2D eigenvalue weighted by Gasteiger charge is -2.14. The van der Waals surface area contributed by atoms with E-state index >= 15 is 0 Å². The first-order valence-electron chi connectivity index (χ1n) is 11.1. The minimum absolute atomic E-state index is 0.164. The van der Waals surface area contributed by atoms with Gasteiger partial charge in [-0.1, -0.05) is 55.8 Å². The summed E-state index contributed by atoms with van der Waals surface area (Å²) >= 11 is 8.53. The summed E-state index contributed by atoms with van der Waals surface area (Å²) in [6.45, 7) is 0.164. The number of benzene rings is 3. The third-order valence-electron chi connectivity index (χ3n) is 5.40. The van der Waals surface area contributed by atoms with Crippen molar-refractivity contribution < 1.29 is 19.0 Å². The average Bonchev–Trinajstić information content (AvgIpc) is 3.33. The van der Waals surface area contributed by atoms with Crippen LogP contribution < -0.4 is 19.5 Å². The molecule has 0 aliphatic rings. The van der Waals surface area contributed by atoms with E-state index in [2.05, 4.69) is 59.5 Å². The molecule has 4 aromatic rings. The number of aromatic nitrogens is 3. The maximum absolute atomic E-state index is 13.1. The fourth-order valence-electron chi connectivity index (χ4n) is 3.56. The highest BCUT2D eigenvalue weighted by Gasteiger charge is 2.19. The smallest absolute Gasteiger partial charge is 0.251 e. The first-order valence-corrected chi connectivity index (χ1v) is 13.7. The van der Waals surface area contributed by atoms with Crippen LogP contribution in [0.3, 0.4) is 0 Å². The highest BCUT2D eigenvalue weighted by atomic mass is 79.9. The molecule has 0 aliphatic carbocycles. The van der Waals surface area contributed by atoms with Crippen molar-refractivity contribution in [3.05, 3.63) is 86.6 Å². The minimum Gasteiger partial charge on any atom is -0.493 e. The fraction of sp³-hybridized carbons (Fsp3) is 0.192. The molecule has 0 fully saturated rings. The third-order valence-corrected chi connectivity index (χ3v) is 7.46. The lowest BCUT2D eigenvalue weighted by Crippen LogP contribution is -2.24. The molecule has 0 spiro atoms. The molecular weight excluding hydrogens is 624 g/mol. The fourth-order valence-corrected chi connectivity index (χ4v) is 5.02. The summed E-state index contributed by atoms with van der Waals surface area (Å²) in [6, 6.07) is 19.2. The van der Waals surface area contributed by atoms with Crippen molar-refractivity contribution in [2.45, 2.75) is 17.5 Å². The standard InChI is InChI=1S/C26H24Br2N4O4S/c1-34-21-12-17(13-22(35-2)24(21)36-3)25(33)29-14-23-30-31-26(32(23)20-10-8-19(28)9-11-20)37-15-16-4-6-18(27)7-5-16/h4-13H,14-15H2,1-3H3,(H,29,33). The summed E-state index contributed by atoms with van der Waals surface area (Å²) in [6.07, 6.45) is 0. The number of thioether (sulfide) groups is 1. The molecule has 1 aromatic heterocycles. The molecule has 0 unspecified atom stereocenters. The quantitative estimate of drug-likeness (QED) is 0.210. The molecule has 1 heterocycles. The number of methoxy groups -OCH3 is 3. The largest absolute Gasteiger partial charge is 0.493 e. The number of carbonyl (C=O) groups is 1. The minimum atomic E-state index is -0.311. The molecular formula is C26H24Br2N4O4S. The summed E-state index contributed by atoms with van der Waals surface area (Å²) in [5.41, 5.74) is 2.42. The van der Waals surface area contributed by atoms with Gasteiger partial charge in [0, 0.05) is 25.9 Å². The van der Waals surface area contributed by atoms with E-state index < -0.39 is 0 Å². The first kappa shape index (κ1) is 27.0. The number of amides is 1. The molecule has 11 heteroatoms. The van der Waals surface area contributed by atoms with E-state index in [1.165, 1.54) is 21.3 Å². The van der Waals surface area contributed by atoms with E-state index in [0.717, 1.165) is 31.1 Å². The summed E-state index contributed by atoms with van der Waals surface area (Å²) < 4.78 is 20.0. The predicted octanol–water partition coefficient (Wildman–Crippen LogP) is 6.04. The van der Waals surface area contributed by atoms with E-state index in [1.807, 2.05) is 41.0 Å². The van der Waals surface area contributed by atoms with Crippen molar-refractivity contribution in [1.82, 2.24) is 20.1 Å². The average molecular weight is 648 g/mol. The third kappa shape index (κ3) is 6.46. The van der Waals surface area contributed by atoms with Crippen LogP contribution in [0.2, 0.25) is 0 Å². The Hall–Kier alpha value is -3.02. The molecule has 0 aliphatic heterocycles. The van der Waals surface area contributed by atoms with Crippen LogP contribution in [0.25, 0.3) is 5.69 Å². The SMILES string of the molecule is COc1cc(C(=O)NCc2nnc(SCc3ccc(Br)cc3)n2-c2ccc(Br)cc2)cc(OC)c1OC. The Labute approximate surface area is 236 Å². The number of nitrogens with zero attached hydrogens (tertiary/aromatic N) is 3. The van der Waals surface area contributed by atoms with Crippen molar-refractivity contribution in [2.75, 3.05) is 21.3 Å². The number of halogens is 2. The number of nitrogens with one attached hydrogen (secondary N) is 1. The molecule has 3 aromatic carbocycles. The molecule has 0 saturated heterocycles. The van der Waals surface area contributed by atoms with E-state index in [4.69, 9.17) is 14.2 Å². The van der Waals surface area contributed by atoms with Crippen molar-refractivity contribution in [3.8, 4) is 22.9 Å². The van der Waals surface area contributed by atoms with Crippen LogP contribution in [0, 0.1) is 0 Å². The van der Waals surface area contributed by atoms with Crippen molar-refractivity contribution in [3.63, 3.8) is 0 Å². The molecule has 4 rings (SSSR count). The van der Waals surface area contributed by atoms with E-state index in [-0.39, 0.29) is 12.5 Å². The zero-order valence-corrected chi connectivity index (χ0v) is 24.3. The Bertz CT molecular complexity index is 1350. The van der Waals surface area contributed by atoms with Gasteiger partial charge in [-0.05, 0) is 54.1 Å². The Morgan fingerprint density at radius 2 is 1.49 bits per heavy atom. The highest BCUT2D eigenvalue weighted by molar-refractivity contribution is 9.10. The summed E-state index contributed by atoms with van der Waals surface area (Å²) in [5, 5.41) is 12.5. The van der Waals surface area contributed by atoms with Gasteiger partial charge in [-0.2, -0.15) is 0 Å². The first-order chi connectivity index (χ1) is 17.9. The maximum Gasteiger partial charge on any atom is 0.251 e. The van der Waals surface area contributed by atoms with E-state index in [9.17, 15) is 4.79 Å². The van der Waals surface area contributed by atoms with Gasteiger partial charge in [0.25, 0.3) is 5.91 Å². The maximum atomic E-state index is 13.1. The van der Waals surface area contributed by atoms with Gasteiger partial charge >= 0.3 is 0 Å². The molecule has 0 radical (unpaired) electrons. The van der Waals surface area contributed by atoms with Crippen LogP contribution in [-0.4, -0.2) is 42.0 Å². The molecule has 8 nitrogen and oxygen atoms in total. The second-order valence-electron chi connectivity index (χ2n) is 7.72. The van der Waals surface area contributed by atoms with Crippen LogP contribution in [0.5, 0.6) is 17.2 Å². The zero-order chi connectivity index (χ0) is 26.4. The summed E-state index contributed by atoms with van der Waals surface area (Å²) in [5.74, 6) is 2.23. The molecule has 0 saturated carbocycles. The van der Waals surface area contributed by atoms with Gasteiger partial charge < -0.3 is 19.5 Å². The predicted molar refractivity (Wildman–Crippen MR) is 150 cm³/mol. The molecule has 0 atom stereocenters.